The van der Waals surface area contributed by atoms with Gasteiger partial charge in [0.1, 0.15) is 0 Å². The number of thioether (sulfide) groups is 1. The van der Waals surface area contributed by atoms with E-state index < -0.39 is 0 Å². The van der Waals surface area contributed by atoms with E-state index >= 15 is 0 Å². The summed E-state index contributed by atoms with van der Waals surface area (Å²) in [5.41, 5.74) is 1.40. The first-order valence-corrected chi connectivity index (χ1v) is 6.61. The second-order valence-corrected chi connectivity index (χ2v) is 4.31. The highest BCUT2D eigenvalue weighted by Crippen LogP contribution is 2.05. The number of aromatic nitrogens is 1. The Morgan fingerprint density at radius 3 is 3.07 bits per heavy atom. The lowest BCUT2D eigenvalue weighted by atomic mass is 10.4. The molecule has 0 amide bonds. The van der Waals surface area contributed by atoms with Gasteiger partial charge in [0.2, 0.25) is 0 Å². The van der Waals surface area contributed by atoms with Crippen molar-refractivity contribution in [2.45, 2.75) is 26.4 Å². The minimum absolute atomic E-state index is 0.989. The molecule has 1 aromatic rings. The van der Waals surface area contributed by atoms with Gasteiger partial charge in [-0.15, -0.1) is 0 Å². The molecule has 0 bridgehead atoms. The first kappa shape index (κ1) is 11.7. The molecular weight excluding hydrogens is 192 g/mol. The van der Waals surface area contributed by atoms with Crippen LogP contribution < -0.4 is 5.32 Å². The Balaban J connectivity index is 2.37. The second-order valence-electron chi connectivity index (χ2n) is 3.32. The van der Waals surface area contributed by atoms with E-state index in [0.717, 1.165) is 19.6 Å². The van der Waals surface area contributed by atoms with Crippen LogP contribution >= 0.6 is 11.8 Å². The first-order valence-electron chi connectivity index (χ1n) is 5.22. The van der Waals surface area contributed by atoms with Crippen molar-refractivity contribution in [1.82, 2.24) is 9.88 Å². The average molecular weight is 212 g/mol. The van der Waals surface area contributed by atoms with Crippen molar-refractivity contribution in [2.24, 2.45) is 0 Å². The molecule has 0 aliphatic heterocycles. The second kappa shape index (κ2) is 6.96. The van der Waals surface area contributed by atoms with E-state index in [2.05, 4.69) is 41.4 Å². The van der Waals surface area contributed by atoms with Crippen LogP contribution in [-0.2, 0) is 13.1 Å². The molecule has 2 nitrogen and oxygen atoms in total. The molecular formula is C11H20N2S. The summed E-state index contributed by atoms with van der Waals surface area (Å²) in [4.78, 5) is 0. The smallest absolute Gasteiger partial charge is 0.0359 e. The number of hydrogen-bond acceptors (Lipinski definition) is 2. The quantitative estimate of drug-likeness (QED) is 0.699. The van der Waals surface area contributed by atoms with Crippen LogP contribution in [0.4, 0.5) is 0 Å². The van der Waals surface area contributed by atoms with Gasteiger partial charge in [0.05, 0.1) is 0 Å². The zero-order valence-corrected chi connectivity index (χ0v) is 9.94. The Hall–Kier alpha value is -0.410. The molecule has 1 aromatic heterocycles. The summed E-state index contributed by atoms with van der Waals surface area (Å²) in [6.45, 7) is 5.31. The van der Waals surface area contributed by atoms with Crippen molar-refractivity contribution >= 4 is 11.8 Å². The van der Waals surface area contributed by atoms with Crippen molar-refractivity contribution in [2.75, 3.05) is 18.6 Å². The summed E-state index contributed by atoms with van der Waals surface area (Å²) in [7, 11) is 0. The summed E-state index contributed by atoms with van der Waals surface area (Å²) >= 11 is 1.92. The standard InChI is InChI=1S/C11H20N2S/c1-3-12-10-11-6-4-7-13(11)8-5-9-14-2/h4,6-7,12H,3,5,8-10H2,1-2H3. The van der Waals surface area contributed by atoms with Crippen LogP contribution in [0, 0.1) is 0 Å². The highest BCUT2D eigenvalue weighted by Gasteiger charge is 1.98. The maximum atomic E-state index is 3.36. The predicted octanol–water partition coefficient (Wildman–Crippen LogP) is 2.35. The molecule has 0 spiro atoms. The highest BCUT2D eigenvalue weighted by atomic mass is 32.2. The van der Waals surface area contributed by atoms with Gasteiger partial charge in [0.15, 0.2) is 0 Å². The molecule has 0 saturated heterocycles. The molecule has 1 heterocycles. The number of hydrogen-bond donors (Lipinski definition) is 1. The minimum Gasteiger partial charge on any atom is -0.350 e. The lowest BCUT2D eigenvalue weighted by molar-refractivity contribution is 0.615. The van der Waals surface area contributed by atoms with E-state index in [-0.39, 0.29) is 0 Å². The molecule has 14 heavy (non-hydrogen) atoms. The SMILES string of the molecule is CCNCc1cccn1CCCSC. The van der Waals surface area contributed by atoms with Crippen LogP contribution in [0.3, 0.4) is 0 Å². The normalized spacial score (nSPS) is 10.7. The van der Waals surface area contributed by atoms with E-state index in [1.165, 1.54) is 17.9 Å². The molecule has 0 radical (unpaired) electrons. The van der Waals surface area contributed by atoms with Gasteiger partial charge in [-0.05, 0) is 37.1 Å². The molecule has 0 aliphatic rings. The number of nitrogens with one attached hydrogen (secondary N) is 1. The van der Waals surface area contributed by atoms with Gasteiger partial charge in [0.25, 0.3) is 0 Å². The highest BCUT2D eigenvalue weighted by molar-refractivity contribution is 7.98. The zero-order valence-electron chi connectivity index (χ0n) is 9.12. The molecule has 0 aliphatic carbocycles. The third kappa shape index (κ3) is 3.76. The average Bonchev–Trinajstić information content (AvgIpc) is 2.63. The van der Waals surface area contributed by atoms with Gasteiger partial charge >= 0.3 is 0 Å². The third-order valence-electron chi connectivity index (χ3n) is 2.23. The summed E-state index contributed by atoms with van der Waals surface area (Å²) in [5.74, 6) is 1.25. The van der Waals surface area contributed by atoms with Crippen molar-refractivity contribution in [1.29, 1.82) is 0 Å². The van der Waals surface area contributed by atoms with Crippen molar-refractivity contribution < 1.29 is 0 Å². The largest absolute Gasteiger partial charge is 0.350 e. The molecule has 0 fully saturated rings. The van der Waals surface area contributed by atoms with E-state index in [4.69, 9.17) is 0 Å². The third-order valence-corrected chi connectivity index (χ3v) is 2.92. The maximum Gasteiger partial charge on any atom is 0.0359 e. The minimum atomic E-state index is 0.989. The summed E-state index contributed by atoms with van der Waals surface area (Å²) in [6, 6.07) is 4.33. The van der Waals surface area contributed by atoms with Gasteiger partial charge in [0, 0.05) is 25.0 Å². The molecule has 80 valence electrons. The Kier molecular flexibility index (Phi) is 5.80. The van der Waals surface area contributed by atoms with Crippen LogP contribution in [0.15, 0.2) is 18.3 Å². The fourth-order valence-electron chi connectivity index (χ4n) is 1.46. The van der Waals surface area contributed by atoms with Crippen molar-refractivity contribution in [3.8, 4) is 0 Å². The lowest BCUT2D eigenvalue weighted by Gasteiger charge is -2.08. The molecule has 0 aromatic carbocycles. The van der Waals surface area contributed by atoms with E-state index in [1.54, 1.807) is 0 Å². The van der Waals surface area contributed by atoms with E-state index in [1.807, 2.05) is 11.8 Å². The lowest BCUT2D eigenvalue weighted by Crippen LogP contribution is -2.15. The van der Waals surface area contributed by atoms with Crippen LogP contribution in [0.1, 0.15) is 19.0 Å². The van der Waals surface area contributed by atoms with Gasteiger partial charge in [-0.2, -0.15) is 11.8 Å². The zero-order chi connectivity index (χ0) is 10.2. The maximum absolute atomic E-state index is 3.36. The molecule has 0 unspecified atom stereocenters. The summed E-state index contributed by atoms with van der Waals surface area (Å²) < 4.78 is 2.35. The summed E-state index contributed by atoms with van der Waals surface area (Å²) in [5, 5.41) is 3.36. The molecule has 3 heteroatoms. The van der Waals surface area contributed by atoms with Crippen LogP contribution in [0.5, 0.6) is 0 Å². The molecule has 1 rings (SSSR count). The molecule has 0 saturated carbocycles. The Morgan fingerprint density at radius 2 is 2.36 bits per heavy atom. The van der Waals surface area contributed by atoms with Gasteiger partial charge in [-0.1, -0.05) is 6.92 Å². The van der Waals surface area contributed by atoms with Crippen LogP contribution in [-0.4, -0.2) is 23.1 Å². The Bertz CT molecular complexity index is 245. The Morgan fingerprint density at radius 1 is 1.50 bits per heavy atom. The van der Waals surface area contributed by atoms with Crippen molar-refractivity contribution in [3.05, 3.63) is 24.0 Å². The summed E-state index contributed by atoms with van der Waals surface area (Å²) in [6.07, 6.45) is 5.59. The fourth-order valence-corrected chi connectivity index (χ4v) is 1.88. The first-order chi connectivity index (χ1) is 6.88. The van der Waals surface area contributed by atoms with E-state index in [9.17, 15) is 0 Å². The van der Waals surface area contributed by atoms with Gasteiger partial charge < -0.3 is 9.88 Å². The number of nitrogens with zero attached hydrogens (tertiary/aromatic N) is 1. The topological polar surface area (TPSA) is 17.0 Å². The van der Waals surface area contributed by atoms with Gasteiger partial charge in [-0.3, -0.25) is 0 Å². The van der Waals surface area contributed by atoms with Crippen LogP contribution in [0.2, 0.25) is 0 Å². The Labute approximate surface area is 91.1 Å². The molecule has 1 N–H and O–H groups in total. The fraction of sp³-hybridized carbons (Fsp3) is 0.636. The van der Waals surface area contributed by atoms with Crippen LogP contribution in [0.25, 0.3) is 0 Å². The number of aryl methyl sites for hydroxylation is 1. The molecule has 0 atom stereocenters. The van der Waals surface area contributed by atoms with Crippen molar-refractivity contribution in [3.63, 3.8) is 0 Å². The number of rotatable bonds is 7. The predicted molar refractivity (Wildman–Crippen MR) is 64.8 cm³/mol. The van der Waals surface area contributed by atoms with Gasteiger partial charge in [-0.25, -0.2) is 0 Å². The van der Waals surface area contributed by atoms with E-state index in [0.29, 0.717) is 0 Å². The monoisotopic (exact) mass is 212 g/mol.